The molecule has 1 aromatic heterocycles. The molecule has 1 aliphatic rings. The van der Waals surface area contributed by atoms with Gasteiger partial charge in [-0.1, -0.05) is 127 Å². The summed E-state index contributed by atoms with van der Waals surface area (Å²) in [7, 11) is 0. The van der Waals surface area contributed by atoms with E-state index in [1.807, 2.05) is 0 Å². The normalized spacial score (nSPS) is 13.3. The van der Waals surface area contributed by atoms with Gasteiger partial charge < -0.3 is 9.47 Å². The number of fused-ring (bicyclic) bond motifs is 7. The third-order valence-electron chi connectivity index (χ3n) is 9.78. The van der Waals surface area contributed by atoms with Gasteiger partial charge in [0.05, 0.1) is 11.0 Å². The maximum Gasteiger partial charge on any atom is 0.0541 e. The van der Waals surface area contributed by atoms with Crippen molar-refractivity contribution in [1.82, 2.24) is 4.57 Å². The molecule has 46 heavy (non-hydrogen) atoms. The zero-order valence-corrected chi connectivity index (χ0v) is 27.3. The largest absolute Gasteiger partial charge is 0.310 e. The first kappa shape index (κ1) is 27.2. The Morgan fingerprint density at radius 1 is 0.500 bits per heavy atom. The van der Waals surface area contributed by atoms with Crippen molar-refractivity contribution < 1.29 is 0 Å². The average molecular weight is 656 g/mol. The van der Waals surface area contributed by atoms with Gasteiger partial charge in [-0.05, 0) is 87.6 Å². The Labute approximate surface area is 277 Å². The summed E-state index contributed by atoms with van der Waals surface area (Å²) in [5, 5.41) is 4.96. The van der Waals surface area contributed by atoms with Crippen LogP contribution in [0.3, 0.4) is 0 Å². The van der Waals surface area contributed by atoms with Crippen LogP contribution in [-0.4, -0.2) is 4.57 Å². The minimum atomic E-state index is -0.0948. The van der Waals surface area contributed by atoms with Gasteiger partial charge in [-0.3, -0.25) is 0 Å². The van der Waals surface area contributed by atoms with Crippen LogP contribution in [-0.2, 0) is 5.41 Å². The Morgan fingerprint density at radius 2 is 1.11 bits per heavy atom. The number of aromatic nitrogens is 1. The molecule has 0 saturated heterocycles. The molecule has 9 rings (SSSR count). The Balaban J connectivity index is 1.29. The van der Waals surface area contributed by atoms with E-state index in [-0.39, 0.29) is 5.41 Å². The van der Waals surface area contributed by atoms with E-state index in [1.165, 1.54) is 54.8 Å². The third kappa shape index (κ3) is 4.08. The molecule has 220 valence electrons. The smallest absolute Gasteiger partial charge is 0.0541 e. The molecule has 1 heterocycles. The molecule has 0 fully saturated rings. The standard InChI is InChI=1S/C43H31BrN2/c1-43(2)39-16-8-5-13-35(39)36-22-21-32(27-40(36)43)45(31-20-19-28-11-3-4-12-29(28)23-31)33-24-30(44)25-34(26-33)46-41-17-9-6-14-37(41)38-15-7-10-18-42(38)46/h3-27H,1-2H3. The van der Waals surface area contributed by atoms with Crippen molar-refractivity contribution in [3.05, 3.63) is 167 Å². The predicted molar refractivity (Wildman–Crippen MR) is 198 cm³/mol. The zero-order chi connectivity index (χ0) is 31.0. The number of halogens is 1. The maximum absolute atomic E-state index is 3.93. The summed E-state index contributed by atoms with van der Waals surface area (Å²) in [6.07, 6.45) is 0. The highest BCUT2D eigenvalue weighted by atomic mass is 79.9. The number of anilines is 3. The summed E-state index contributed by atoms with van der Waals surface area (Å²) in [6.45, 7) is 4.70. The van der Waals surface area contributed by atoms with Gasteiger partial charge in [0.1, 0.15) is 0 Å². The van der Waals surface area contributed by atoms with Gasteiger partial charge in [0, 0.05) is 43.4 Å². The second kappa shape index (κ2) is 10.2. The summed E-state index contributed by atoms with van der Waals surface area (Å²) < 4.78 is 3.42. The molecule has 0 unspecified atom stereocenters. The zero-order valence-electron chi connectivity index (χ0n) is 25.7. The predicted octanol–water partition coefficient (Wildman–Crippen LogP) is 12.5. The van der Waals surface area contributed by atoms with E-state index in [2.05, 4.69) is 191 Å². The van der Waals surface area contributed by atoms with Gasteiger partial charge in [-0.25, -0.2) is 0 Å². The number of rotatable bonds is 4. The number of nitrogens with zero attached hydrogens (tertiary/aromatic N) is 2. The Hall–Kier alpha value is -5.12. The number of benzene rings is 7. The molecule has 0 radical (unpaired) electrons. The summed E-state index contributed by atoms with van der Waals surface area (Å²) in [4.78, 5) is 2.41. The third-order valence-corrected chi connectivity index (χ3v) is 10.2. The quantitative estimate of drug-likeness (QED) is 0.183. The van der Waals surface area contributed by atoms with Crippen LogP contribution in [0, 0.1) is 0 Å². The van der Waals surface area contributed by atoms with Crippen LogP contribution < -0.4 is 4.90 Å². The van der Waals surface area contributed by atoms with Crippen LogP contribution in [0.1, 0.15) is 25.0 Å². The lowest BCUT2D eigenvalue weighted by Gasteiger charge is -2.29. The molecule has 0 atom stereocenters. The Bertz CT molecular complexity index is 2430. The molecular formula is C43H31BrN2. The number of para-hydroxylation sites is 2. The van der Waals surface area contributed by atoms with Gasteiger partial charge in [0.2, 0.25) is 0 Å². The summed E-state index contributed by atoms with van der Waals surface area (Å²) in [5.41, 5.74) is 12.2. The molecule has 0 N–H and O–H groups in total. The molecule has 7 aromatic carbocycles. The van der Waals surface area contributed by atoms with Gasteiger partial charge in [-0.2, -0.15) is 0 Å². The van der Waals surface area contributed by atoms with E-state index in [1.54, 1.807) is 0 Å². The lowest BCUT2D eigenvalue weighted by atomic mass is 9.82. The fourth-order valence-electron chi connectivity index (χ4n) is 7.61. The highest BCUT2D eigenvalue weighted by Gasteiger charge is 2.35. The maximum atomic E-state index is 3.93. The first-order chi connectivity index (χ1) is 22.5. The minimum Gasteiger partial charge on any atom is -0.310 e. The second-order valence-corrected chi connectivity index (χ2v) is 13.7. The summed E-state index contributed by atoms with van der Waals surface area (Å²) >= 11 is 3.93. The number of hydrogen-bond donors (Lipinski definition) is 0. The van der Waals surface area contributed by atoms with Crippen molar-refractivity contribution in [3.63, 3.8) is 0 Å². The highest BCUT2D eigenvalue weighted by Crippen LogP contribution is 2.51. The van der Waals surface area contributed by atoms with Crippen molar-refractivity contribution in [3.8, 4) is 16.8 Å². The highest BCUT2D eigenvalue weighted by molar-refractivity contribution is 9.10. The van der Waals surface area contributed by atoms with Crippen molar-refractivity contribution in [2.45, 2.75) is 19.3 Å². The van der Waals surface area contributed by atoms with Crippen LogP contribution in [0.4, 0.5) is 17.1 Å². The van der Waals surface area contributed by atoms with E-state index in [9.17, 15) is 0 Å². The molecule has 0 aliphatic heterocycles. The van der Waals surface area contributed by atoms with Crippen molar-refractivity contribution >= 4 is 65.6 Å². The van der Waals surface area contributed by atoms with Gasteiger partial charge in [0.15, 0.2) is 0 Å². The molecular weight excluding hydrogens is 624 g/mol. The monoisotopic (exact) mass is 654 g/mol. The second-order valence-electron chi connectivity index (χ2n) is 12.8. The van der Waals surface area contributed by atoms with Gasteiger partial charge >= 0.3 is 0 Å². The van der Waals surface area contributed by atoms with E-state index in [0.29, 0.717) is 0 Å². The Kier molecular flexibility index (Phi) is 6.03. The van der Waals surface area contributed by atoms with Crippen LogP contribution in [0.15, 0.2) is 156 Å². The molecule has 0 bridgehead atoms. The summed E-state index contributed by atoms with van der Waals surface area (Å²) in [6, 6.07) is 55.4. The molecule has 0 amide bonds. The molecule has 2 nitrogen and oxygen atoms in total. The van der Waals surface area contributed by atoms with Crippen LogP contribution >= 0.6 is 15.9 Å². The fourth-order valence-corrected chi connectivity index (χ4v) is 8.08. The van der Waals surface area contributed by atoms with Gasteiger partial charge in [-0.15, -0.1) is 0 Å². The first-order valence-electron chi connectivity index (χ1n) is 15.8. The van der Waals surface area contributed by atoms with E-state index in [4.69, 9.17) is 0 Å². The van der Waals surface area contributed by atoms with Crippen LogP contribution in [0.25, 0.3) is 49.4 Å². The lowest BCUT2D eigenvalue weighted by Crippen LogP contribution is -2.16. The SMILES string of the molecule is CC1(C)c2ccccc2-c2ccc(N(c3cc(Br)cc(-n4c5ccccc5c5ccccc54)c3)c3ccc4ccccc4c3)cc21. The van der Waals surface area contributed by atoms with Crippen molar-refractivity contribution in [1.29, 1.82) is 0 Å². The molecule has 8 aromatic rings. The minimum absolute atomic E-state index is 0.0948. The first-order valence-corrected chi connectivity index (χ1v) is 16.6. The molecule has 0 saturated carbocycles. The number of hydrogen-bond acceptors (Lipinski definition) is 1. The van der Waals surface area contributed by atoms with Gasteiger partial charge in [0.25, 0.3) is 0 Å². The van der Waals surface area contributed by atoms with E-state index >= 15 is 0 Å². The van der Waals surface area contributed by atoms with Crippen LogP contribution in [0.5, 0.6) is 0 Å². The Morgan fingerprint density at radius 3 is 1.89 bits per heavy atom. The fraction of sp³-hybridized carbons (Fsp3) is 0.0698. The topological polar surface area (TPSA) is 8.17 Å². The van der Waals surface area contributed by atoms with Crippen molar-refractivity contribution in [2.75, 3.05) is 4.90 Å². The summed E-state index contributed by atoms with van der Waals surface area (Å²) in [5.74, 6) is 0. The molecule has 3 heteroatoms. The van der Waals surface area contributed by atoms with Crippen LogP contribution in [0.2, 0.25) is 0 Å². The average Bonchev–Trinajstić information content (AvgIpc) is 3.53. The molecule has 0 spiro atoms. The van der Waals surface area contributed by atoms with E-state index in [0.717, 1.165) is 27.2 Å². The lowest BCUT2D eigenvalue weighted by molar-refractivity contribution is 0.660. The van der Waals surface area contributed by atoms with Crippen molar-refractivity contribution in [2.24, 2.45) is 0 Å². The van der Waals surface area contributed by atoms with E-state index < -0.39 is 0 Å². The molecule has 1 aliphatic carbocycles.